The summed E-state index contributed by atoms with van der Waals surface area (Å²) in [6, 6.07) is 10.7. The molecule has 0 aliphatic rings. The Balaban J connectivity index is 2.14. The molecular formula is C17H15F3N2O3S. The van der Waals surface area contributed by atoms with E-state index in [4.69, 9.17) is 0 Å². The minimum Gasteiger partial charge on any atom is -0.321 e. The van der Waals surface area contributed by atoms with Crippen LogP contribution in [0.15, 0.2) is 54.6 Å². The van der Waals surface area contributed by atoms with E-state index in [1.54, 1.807) is 12.1 Å². The number of anilines is 2. The number of amides is 1. The zero-order chi connectivity index (χ0) is 19.4. The minimum atomic E-state index is -4.47. The molecule has 138 valence electrons. The zero-order valence-electron chi connectivity index (χ0n) is 13.5. The molecule has 26 heavy (non-hydrogen) atoms. The monoisotopic (exact) mass is 384 g/mol. The molecule has 0 bridgehead atoms. The average molecular weight is 384 g/mol. The maximum atomic E-state index is 12.7. The van der Waals surface area contributed by atoms with E-state index in [0.29, 0.717) is 0 Å². The molecule has 2 rings (SSSR count). The summed E-state index contributed by atoms with van der Waals surface area (Å²) in [5, 5.41) is 2.47. The second kappa shape index (κ2) is 7.61. The van der Waals surface area contributed by atoms with Crippen LogP contribution in [-0.4, -0.2) is 20.6 Å². The van der Waals surface area contributed by atoms with Crippen molar-refractivity contribution in [2.45, 2.75) is 6.18 Å². The summed E-state index contributed by atoms with van der Waals surface area (Å²) in [6.45, 7) is 0. The van der Waals surface area contributed by atoms with Crippen molar-refractivity contribution in [1.29, 1.82) is 0 Å². The lowest BCUT2D eigenvalue weighted by Crippen LogP contribution is -2.14. The van der Waals surface area contributed by atoms with Gasteiger partial charge in [0.15, 0.2) is 0 Å². The van der Waals surface area contributed by atoms with Crippen LogP contribution >= 0.6 is 0 Å². The van der Waals surface area contributed by atoms with Gasteiger partial charge in [0.2, 0.25) is 15.9 Å². The van der Waals surface area contributed by atoms with Crippen LogP contribution in [0.2, 0.25) is 0 Å². The van der Waals surface area contributed by atoms with Gasteiger partial charge >= 0.3 is 6.18 Å². The van der Waals surface area contributed by atoms with Crippen LogP contribution in [0.3, 0.4) is 0 Å². The molecule has 0 aliphatic carbocycles. The molecule has 0 saturated carbocycles. The molecule has 0 radical (unpaired) electrons. The van der Waals surface area contributed by atoms with E-state index in [2.05, 4.69) is 10.0 Å². The Kier molecular flexibility index (Phi) is 5.71. The predicted molar refractivity (Wildman–Crippen MR) is 94.0 cm³/mol. The van der Waals surface area contributed by atoms with Crippen LogP contribution in [-0.2, 0) is 21.0 Å². The fraction of sp³-hybridized carbons (Fsp3) is 0.118. The number of hydrogen-bond acceptors (Lipinski definition) is 3. The summed E-state index contributed by atoms with van der Waals surface area (Å²) in [6.07, 6.45) is -1.20. The van der Waals surface area contributed by atoms with Crippen molar-refractivity contribution >= 4 is 33.4 Å². The van der Waals surface area contributed by atoms with Crippen molar-refractivity contribution < 1.29 is 26.4 Å². The van der Waals surface area contributed by atoms with Crippen LogP contribution < -0.4 is 10.0 Å². The molecular weight excluding hydrogens is 369 g/mol. The van der Waals surface area contributed by atoms with Crippen LogP contribution in [0.5, 0.6) is 0 Å². The fourth-order valence-electron chi connectivity index (χ4n) is 2.05. The first kappa shape index (κ1) is 19.5. The van der Waals surface area contributed by atoms with Gasteiger partial charge in [-0.2, -0.15) is 13.2 Å². The third-order valence-corrected chi connectivity index (χ3v) is 3.71. The molecule has 0 aromatic heterocycles. The summed E-state index contributed by atoms with van der Waals surface area (Å²) in [5.41, 5.74) is -0.215. The van der Waals surface area contributed by atoms with Crippen LogP contribution in [0.25, 0.3) is 6.08 Å². The minimum absolute atomic E-state index is 0.177. The van der Waals surface area contributed by atoms with Crippen LogP contribution in [0, 0.1) is 0 Å². The van der Waals surface area contributed by atoms with E-state index in [1.165, 1.54) is 30.3 Å². The van der Waals surface area contributed by atoms with E-state index in [-0.39, 0.29) is 16.9 Å². The van der Waals surface area contributed by atoms with Gasteiger partial charge in [0.05, 0.1) is 23.2 Å². The zero-order valence-corrected chi connectivity index (χ0v) is 14.4. The highest BCUT2D eigenvalue weighted by Gasteiger charge is 2.30. The Hall–Kier alpha value is -2.81. The largest absolute Gasteiger partial charge is 0.416 e. The lowest BCUT2D eigenvalue weighted by Gasteiger charge is -2.10. The molecule has 1 amide bonds. The molecule has 0 fully saturated rings. The smallest absolute Gasteiger partial charge is 0.321 e. The topological polar surface area (TPSA) is 75.3 Å². The number of carbonyl (C=O) groups is 1. The Morgan fingerprint density at radius 2 is 1.69 bits per heavy atom. The Bertz CT molecular complexity index is 938. The van der Waals surface area contributed by atoms with Crippen molar-refractivity contribution in [3.05, 3.63) is 65.7 Å². The van der Waals surface area contributed by atoms with Gasteiger partial charge in [-0.1, -0.05) is 24.3 Å². The summed E-state index contributed by atoms with van der Waals surface area (Å²) < 4.78 is 63.0. The maximum absolute atomic E-state index is 12.7. The molecule has 2 aromatic carbocycles. The van der Waals surface area contributed by atoms with Crippen molar-refractivity contribution in [2.75, 3.05) is 16.3 Å². The highest BCUT2D eigenvalue weighted by Crippen LogP contribution is 2.29. The van der Waals surface area contributed by atoms with Gasteiger partial charge in [0.25, 0.3) is 0 Å². The van der Waals surface area contributed by atoms with Crippen molar-refractivity contribution in [3.8, 4) is 0 Å². The van der Waals surface area contributed by atoms with Gasteiger partial charge in [-0.25, -0.2) is 8.42 Å². The summed E-state index contributed by atoms with van der Waals surface area (Å²) in [7, 11) is -3.54. The molecule has 5 nitrogen and oxygen atoms in total. The molecule has 0 atom stereocenters. The van der Waals surface area contributed by atoms with E-state index < -0.39 is 27.7 Å². The number of rotatable bonds is 5. The van der Waals surface area contributed by atoms with Gasteiger partial charge in [-0.15, -0.1) is 0 Å². The molecule has 0 saturated heterocycles. The van der Waals surface area contributed by atoms with Crippen LogP contribution in [0.4, 0.5) is 24.5 Å². The van der Waals surface area contributed by atoms with Gasteiger partial charge in [0, 0.05) is 6.08 Å². The first-order valence-corrected chi connectivity index (χ1v) is 9.17. The molecule has 0 heterocycles. The van der Waals surface area contributed by atoms with Crippen molar-refractivity contribution in [1.82, 2.24) is 0 Å². The van der Waals surface area contributed by atoms with Gasteiger partial charge < -0.3 is 5.32 Å². The number of hydrogen-bond donors (Lipinski definition) is 2. The first-order valence-electron chi connectivity index (χ1n) is 7.28. The predicted octanol–water partition coefficient (Wildman–Crippen LogP) is 3.73. The number of benzene rings is 2. The lowest BCUT2D eigenvalue weighted by atomic mass is 10.1. The number of sulfonamides is 1. The van der Waals surface area contributed by atoms with Crippen molar-refractivity contribution in [2.24, 2.45) is 0 Å². The Morgan fingerprint density at radius 1 is 1.04 bits per heavy atom. The normalized spacial score (nSPS) is 12.2. The Morgan fingerprint density at radius 3 is 2.31 bits per heavy atom. The fourth-order valence-corrected chi connectivity index (χ4v) is 2.62. The van der Waals surface area contributed by atoms with Crippen molar-refractivity contribution in [3.63, 3.8) is 0 Å². The van der Waals surface area contributed by atoms with Gasteiger partial charge in [0.1, 0.15) is 0 Å². The summed E-state index contributed by atoms with van der Waals surface area (Å²) in [4.78, 5) is 12.0. The quantitative estimate of drug-likeness (QED) is 0.772. The van der Waals surface area contributed by atoms with Gasteiger partial charge in [-0.3, -0.25) is 9.52 Å². The summed E-state index contributed by atoms with van der Waals surface area (Å²) in [5.74, 6) is -0.620. The average Bonchev–Trinajstić information content (AvgIpc) is 2.53. The maximum Gasteiger partial charge on any atom is 0.416 e. The SMILES string of the molecule is CS(=O)(=O)Nc1ccccc1NC(=O)/C=C/c1cccc(C(F)(F)F)c1. The molecule has 0 aliphatic heterocycles. The molecule has 9 heteroatoms. The number of alkyl halides is 3. The van der Waals surface area contributed by atoms with E-state index in [9.17, 15) is 26.4 Å². The number of halogens is 3. The Labute approximate surface area is 148 Å². The van der Waals surface area contributed by atoms with E-state index in [1.807, 2.05) is 0 Å². The number of carbonyl (C=O) groups excluding carboxylic acids is 1. The number of nitrogens with one attached hydrogen (secondary N) is 2. The number of para-hydroxylation sites is 2. The van der Waals surface area contributed by atoms with E-state index in [0.717, 1.165) is 24.5 Å². The second-order valence-electron chi connectivity index (χ2n) is 5.37. The lowest BCUT2D eigenvalue weighted by molar-refractivity contribution is -0.137. The van der Waals surface area contributed by atoms with Crippen LogP contribution in [0.1, 0.15) is 11.1 Å². The third kappa shape index (κ3) is 5.92. The standard InChI is InChI=1S/C17H15F3N2O3S/c1-26(24,25)22-15-8-3-2-7-14(15)21-16(23)10-9-12-5-4-6-13(11-12)17(18,19)20/h2-11,22H,1H3,(H,21,23)/b10-9+. The highest BCUT2D eigenvalue weighted by molar-refractivity contribution is 7.92. The second-order valence-corrected chi connectivity index (χ2v) is 7.11. The molecule has 2 N–H and O–H groups in total. The summed E-state index contributed by atoms with van der Waals surface area (Å²) >= 11 is 0. The molecule has 0 spiro atoms. The third-order valence-electron chi connectivity index (χ3n) is 3.12. The first-order chi connectivity index (χ1) is 12.0. The van der Waals surface area contributed by atoms with Gasteiger partial charge in [-0.05, 0) is 35.9 Å². The molecule has 0 unspecified atom stereocenters. The van der Waals surface area contributed by atoms with E-state index >= 15 is 0 Å². The highest BCUT2D eigenvalue weighted by atomic mass is 32.2. The molecule has 2 aromatic rings.